The van der Waals surface area contributed by atoms with Crippen LogP contribution in [0.2, 0.25) is 0 Å². The van der Waals surface area contributed by atoms with Crippen molar-refractivity contribution in [3.05, 3.63) is 12.2 Å². The van der Waals surface area contributed by atoms with Crippen LogP contribution in [0.3, 0.4) is 0 Å². The minimum Gasteiger partial charge on any atom is -0.459 e. The first-order valence-corrected chi connectivity index (χ1v) is 6.70. The van der Waals surface area contributed by atoms with E-state index in [-0.39, 0.29) is 12.1 Å². The predicted molar refractivity (Wildman–Crippen MR) is 68.5 cm³/mol. The van der Waals surface area contributed by atoms with Crippen LogP contribution in [0.1, 0.15) is 47.0 Å². The maximum Gasteiger partial charge on any atom is 0.333 e. The lowest BCUT2D eigenvalue weighted by Crippen LogP contribution is -2.43. The first-order chi connectivity index (χ1) is 7.84. The van der Waals surface area contributed by atoms with Crippen molar-refractivity contribution in [2.24, 2.45) is 23.2 Å². The van der Waals surface area contributed by atoms with Crippen molar-refractivity contribution in [2.45, 2.75) is 53.1 Å². The van der Waals surface area contributed by atoms with Crippen molar-refractivity contribution in [1.29, 1.82) is 0 Å². The average Bonchev–Trinajstić information content (AvgIpc) is 2.41. The van der Waals surface area contributed by atoms with Gasteiger partial charge >= 0.3 is 5.97 Å². The van der Waals surface area contributed by atoms with Crippen LogP contribution in [-0.2, 0) is 9.53 Å². The number of carbonyl (C=O) groups is 1. The largest absolute Gasteiger partial charge is 0.459 e. The molecular formula is C15H24O2. The molecule has 2 saturated carbocycles. The van der Waals surface area contributed by atoms with Gasteiger partial charge in [-0.1, -0.05) is 27.4 Å². The Morgan fingerprint density at radius 1 is 1.35 bits per heavy atom. The van der Waals surface area contributed by atoms with Gasteiger partial charge in [0.2, 0.25) is 0 Å². The highest BCUT2D eigenvalue weighted by molar-refractivity contribution is 5.87. The van der Waals surface area contributed by atoms with Crippen LogP contribution < -0.4 is 0 Å². The number of fused-ring (bicyclic) bond motifs is 2. The number of ether oxygens (including phenoxy) is 1. The summed E-state index contributed by atoms with van der Waals surface area (Å²) in [6.45, 7) is 12.4. The molecule has 2 aliphatic carbocycles. The molecule has 2 heteroatoms. The second kappa shape index (κ2) is 4.15. The van der Waals surface area contributed by atoms with Gasteiger partial charge < -0.3 is 4.74 Å². The third-order valence-electron chi connectivity index (χ3n) is 5.18. The zero-order valence-corrected chi connectivity index (χ0v) is 11.5. The first-order valence-electron chi connectivity index (χ1n) is 6.70. The average molecular weight is 236 g/mol. The Bertz CT molecular complexity index is 343. The topological polar surface area (TPSA) is 26.3 Å². The van der Waals surface area contributed by atoms with Gasteiger partial charge in [0, 0.05) is 5.57 Å². The van der Waals surface area contributed by atoms with Crippen LogP contribution in [-0.4, -0.2) is 12.1 Å². The molecule has 4 unspecified atom stereocenters. The molecule has 0 aromatic heterocycles. The molecule has 0 aromatic carbocycles. The van der Waals surface area contributed by atoms with E-state index in [2.05, 4.69) is 27.4 Å². The monoisotopic (exact) mass is 236 g/mol. The van der Waals surface area contributed by atoms with E-state index >= 15 is 0 Å². The molecule has 0 N–H and O–H groups in total. The maximum atomic E-state index is 11.6. The van der Waals surface area contributed by atoms with Gasteiger partial charge in [0.1, 0.15) is 6.10 Å². The number of carbonyl (C=O) groups excluding carboxylic acids is 1. The summed E-state index contributed by atoms with van der Waals surface area (Å²) in [7, 11) is 0. The third-order valence-corrected chi connectivity index (χ3v) is 5.18. The van der Waals surface area contributed by atoms with Gasteiger partial charge in [0.05, 0.1) is 0 Å². The molecule has 2 fully saturated rings. The first kappa shape index (κ1) is 12.7. The molecule has 96 valence electrons. The summed E-state index contributed by atoms with van der Waals surface area (Å²) in [5.74, 6) is 1.67. The van der Waals surface area contributed by atoms with Gasteiger partial charge in [-0.05, 0) is 49.4 Å². The van der Waals surface area contributed by atoms with Crippen LogP contribution in [0.5, 0.6) is 0 Å². The van der Waals surface area contributed by atoms with Crippen LogP contribution in [0.25, 0.3) is 0 Å². The van der Waals surface area contributed by atoms with E-state index in [1.54, 1.807) is 6.92 Å². The molecule has 2 bridgehead atoms. The predicted octanol–water partition coefficient (Wildman–Crippen LogP) is 3.57. The Labute approximate surface area is 104 Å². The quantitative estimate of drug-likeness (QED) is 0.541. The lowest BCUT2D eigenvalue weighted by Gasteiger charge is -2.45. The smallest absolute Gasteiger partial charge is 0.333 e. The minimum absolute atomic E-state index is 0.102. The van der Waals surface area contributed by atoms with Crippen molar-refractivity contribution in [1.82, 2.24) is 0 Å². The lowest BCUT2D eigenvalue weighted by molar-refractivity contribution is -0.154. The zero-order chi connectivity index (χ0) is 12.8. The molecule has 2 aliphatic rings. The Morgan fingerprint density at radius 3 is 2.59 bits per heavy atom. The van der Waals surface area contributed by atoms with E-state index in [0.29, 0.717) is 28.7 Å². The van der Waals surface area contributed by atoms with E-state index in [4.69, 9.17) is 4.74 Å². The van der Waals surface area contributed by atoms with Gasteiger partial charge in [-0.2, -0.15) is 0 Å². The Kier molecular flexibility index (Phi) is 3.09. The van der Waals surface area contributed by atoms with Gasteiger partial charge in [0.15, 0.2) is 0 Å². The van der Waals surface area contributed by atoms with Crippen molar-refractivity contribution in [2.75, 3.05) is 0 Å². The van der Waals surface area contributed by atoms with Crippen molar-refractivity contribution in [3.63, 3.8) is 0 Å². The van der Waals surface area contributed by atoms with E-state index in [1.807, 2.05) is 0 Å². The molecule has 2 rings (SSSR count). The maximum absolute atomic E-state index is 11.6. The minimum atomic E-state index is -0.221. The fourth-order valence-electron chi connectivity index (χ4n) is 3.94. The van der Waals surface area contributed by atoms with Gasteiger partial charge in [-0.15, -0.1) is 0 Å². The molecule has 0 aromatic rings. The fourth-order valence-corrected chi connectivity index (χ4v) is 3.94. The van der Waals surface area contributed by atoms with Crippen LogP contribution in [0.15, 0.2) is 12.2 Å². The number of hydrogen-bond donors (Lipinski definition) is 0. The van der Waals surface area contributed by atoms with Crippen molar-refractivity contribution in [3.8, 4) is 0 Å². The van der Waals surface area contributed by atoms with Gasteiger partial charge in [-0.3, -0.25) is 0 Å². The lowest BCUT2D eigenvalue weighted by atomic mass is 9.63. The molecule has 0 heterocycles. The molecule has 0 radical (unpaired) electrons. The SMILES string of the molecule is C=C(C)C(=O)OC1CC2CCC(C1C)C2(C)C. The summed E-state index contributed by atoms with van der Waals surface area (Å²) >= 11 is 0. The van der Waals surface area contributed by atoms with Crippen LogP contribution >= 0.6 is 0 Å². The molecular weight excluding hydrogens is 212 g/mol. The summed E-state index contributed by atoms with van der Waals surface area (Å²) in [5.41, 5.74) is 0.931. The van der Waals surface area contributed by atoms with Crippen molar-refractivity contribution < 1.29 is 9.53 Å². The summed E-state index contributed by atoms with van der Waals surface area (Å²) in [4.78, 5) is 11.6. The molecule has 0 amide bonds. The van der Waals surface area contributed by atoms with Crippen molar-refractivity contribution >= 4 is 5.97 Å². The summed E-state index contributed by atoms with van der Waals surface area (Å²) in [6, 6.07) is 0. The number of rotatable bonds is 2. The Balaban J connectivity index is 2.09. The third kappa shape index (κ3) is 2.02. The highest BCUT2D eigenvalue weighted by Crippen LogP contribution is 2.57. The summed E-state index contributed by atoms with van der Waals surface area (Å²) in [6.07, 6.45) is 3.72. The molecule has 0 saturated heterocycles. The second-order valence-corrected chi connectivity index (χ2v) is 6.52. The molecule has 17 heavy (non-hydrogen) atoms. The molecule has 0 spiro atoms. The molecule has 0 aliphatic heterocycles. The number of hydrogen-bond acceptors (Lipinski definition) is 2. The Morgan fingerprint density at radius 2 is 2.00 bits per heavy atom. The second-order valence-electron chi connectivity index (χ2n) is 6.52. The van der Waals surface area contributed by atoms with Crippen LogP contribution in [0.4, 0.5) is 0 Å². The molecule has 4 atom stereocenters. The summed E-state index contributed by atoms with van der Waals surface area (Å²) in [5, 5.41) is 0. The normalized spacial score (nSPS) is 38.8. The molecule has 2 nitrogen and oxygen atoms in total. The standard InChI is InChI=1S/C15H24O2/c1-9(2)14(16)17-13-8-11-6-7-12(10(13)3)15(11,4)5/h10-13H,1,6-8H2,2-5H3. The zero-order valence-electron chi connectivity index (χ0n) is 11.5. The van der Waals surface area contributed by atoms with E-state index in [9.17, 15) is 4.79 Å². The highest BCUT2D eigenvalue weighted by Gasteiger charge is 2.52. The Hall–Kier alpha value is -0.790. The van der Waals surface area contributed by atoms with Crippen LogP contribution in [0, 0.1) is 23.2 Å². The van der Waals surface area contributed by atoms with E-state index < -0.39 is 0 Å². The van der Waals surface area contributed by atoms with Gasteiger partial charge in [-0.25, -0.2) is 4.79 Å². The number of esters is 1. The fraction of sp³-hybridized carbons (Fsp3) is 0.800. The van der Waals surface area contributed by atoms with E-state index in [0.717, 1.165) is 6.42 Å². The van der Waals surface area contributed by atoms with Gasteiger partial charge in [0.25, 0.3) is 0 Å². The summed E-state index contributed by atoms with van der Waals surface area (Å²) < 4.78 is 5.60. The van der Waals surface area contributed by atoms with E-state index in [1.165, 1.54) is 12.8 Å². The highest BCUT2D eigenvalue weighted by atomic mass is 16.5.